The van der Waals surface area contributed by atoms with E-state index >= 15 is 0 Å². The van der Waals surface area contributed by atoms with Gasteiger partial charge in [-0.15, -0.1) is 0 Å². The average Bonchev–Trinajstić information content (AvgIpc) is 1.63. The fraction of sp³-hybridized carbons (Fsp3) is 0.800. The van der Waals surface area contributed by atoms with Crippen molar-refractivity contribution in [3.63, 3.8) is 0 Å². The van der Waals surface area contributed by atoms with Crippen LogP contribution in [-0.4, -0.2) is 17.4 Å². The molecule has 0 aliphatic carbocycles. The fourth-order valence-corrected chi connectivity index (χ4v) is 0.851. The zero-order chi connectivity index (χ0) is 7.28. The Balaban J connectivity index is 3.26. The molecule has 0 aliphatic rings. The van der Waals surface area contributed by atoms with Gasteiger partial charge < -0.3 is 4.74 Å². The van der Waals surface area contributed by atoms with Crippen LogP contribution >= 0.6 is 23.2 Å². The van der Waals surface area contributed by atoms with Gasteiger partial charge in [-0.1, -0.05) is 11.6 Å². The summed E-state index contributed by atoms with van der Waals surface area (Å²) >= 11 is 10.5. The highest BCUT2D eigenvalue weighted by Gasteiger charge is 2.06. The molecule has 0 heterocycles. The van der Waals surface area contributed by atoms with Gasteiger partial charge in [0.1, 0.15) is 5.56 Å². The summed E-state index contributed by atoms with van der Waals surface area (Å²) in [6.07, 6.45) is 0.0664. The van der Waals surface area contributed by atoms with E-state index in [0.29, 0.717) is 6.61 Å². The lowest BCUT2D eigenvalue weighted by atomic mass is 10.5. The molecule has 0 aromatic carbocycles. The molecule has 0 rings (SSSR count). The Morgan fingerprint density at radius 2 is 2.33 bits per heavy atom. The second-order valence-electron chi connectivity index (χ2n) is 1.42. The summed E-state index contributed by atoms with van der Waals surface area (Å²) < 4.78 is 4.81. The fourth-order valence-electron chi connectivity index (χ4n) is 0.366. The van der Waals surface area contributed by atoms with Crippen molar-refractivity contribution in [1.29, 1.82) is 0 Å². The molecule has 0 aliphatic heterocycles. The Morgan fingerprint density at radius 3 is 2.67 bits per heavy atom. The van der Waals surface area contributed by atoms with E-state index in [-0.39, 0.29) is 6.42 Å². The predicted molar refractivity (Wildman–Crippen MR) is 36.7 cm³/mol. The molecule has 4 heteroatoms. The first kappa shape index (κ1) is 9.21. The Hall–Kier alpha value is 0.210. The zero-order valence-corrected chi connectivity index (χ0v) is 6.58. The van der Waals surface area contributed by atoms with E-state index in [1.165, 1.54) is 0 Å². The van der Waals surface area contributed by atoms with E-state index in [9.17, 15) is 4.79 Å². The third-order valence-corrected chi connectivity index (χ3v) is 1.10. The number of rotatable bonds is 4. The number of carbonyl (C=O) groups excluding carboxylic acids is 1. The zero-order valence-electron chi connectivity index (χ0n) is 5.06. The Morgan fingerprint density at radius 1 is 1.78 bits per heavy atom. The monoisotopic (exact) mass is 170 g/mol. The third kappa shape index (κ3) is 6.09. The van der Waals surface area contributed by atoms with E-state index < -0.39 is 10.8 Å². The summed E-state index contributed by atoms with van der Waals surface area (Å²) in [5.74, 6) is 0. The first-order chi connectivity index (χ1) is 4.16. The summed E-state index contributed by atoms with van der Waals surface area (Å²) in [7, 11) is 0. The van der Waals surface area contributed by atoms with Crippen LogP contribution in [0.2, 0.25) is 0 Å². The van der Waals surface area contributed by atoms with Gasteiger partial charge in [0.05, 0.1) is 6.42 Å². The summed E-state index contributed by atoms with van der Waals surface area (Å²) in [6.45, 7) is 2.30. The highest BCUT2D eigenvalue weighted by atomic mass is 35.5. The molecular weight excluding hydrogens is 163 g/mol. The molecule has 1 atom stereocenters. The maximum Gasteiger partial charge on any atom is 0.225 e. The van der Waals surface area contributed by atoms with Crippen molar-refractivity contribution in [2.24, 2.45) is 0 Å². The van der Waals surface area contributed by atoms with Gasteiger partial charge in [-0.3, -0.25) is 4.79 Å². The van der Waals surface area contributed by atoms with Crippen LogP contribution in [0, 0.1) is 0 Å². The number of hydrogen-bond donors (Lipinski definition) is 0. The van der Waals surface area contributed by atoms with E-state index in [0.717, 1.165) is 0 Å². The quantitative estimate of drug-likeness (QED) is 0.475. The van der Waals surface area contributed by atoms with Crippen LogP contribution in [0.5, 0.6) is 0 Å². The molecule has 0 aromatic heterocycles. The Bertz CT molecular complexity index is 95.0. The smallest absolute Gasteiger partial charge is 0.225 e. The van der Waals surface area contributed by atoms with Crippen molar-refractivity contribution in [2.75, 3.05) is 6.61 Å². The molecule has 2 nitrogen and oxygen atoms in total. The minimum absolute atomic E-state index is 0.0664. The van der Waals surface area contributed by atoms with Gasteiger partial charge in [0.15, 0.2) is 0 Å². The Labute approximate surface area is 64.1 Å². The van der Waals surface area contributed by atoms with Crippen molar-refractivity contribution in [3.8, 4) is 0 Å². The highest BCUT2D eigenvalue weighted by Crippen LogP contribution is 2.05. The van der Waals surface area contributed by atoms with Gasteiger partial charge in [-0.05, 0) is 18.5 Å². The number of carbonyl (C=O) groups is 1. The molecule has 54 valence electrons. The van der Waals surface area contributed by atoms with Crippen LogP contribution in [0.4, 0.5) is 0 Å². The van der Waals surface area contributed by atoms with Crippen molar-refractivity contribution in [2.45, 2.75) is 18.9 Å². The average molecular weight is 171 g/mol. The molecule has 0 spiro atoms. The standard InChI is InChI=1S/C5H8Cl2O2/c1-2-9-5(7)3-4(6)8/h5H,2-3H2,1H3. The largest absolute Gasteiger partial charge is 0.362 e. The molecular formula is C5H8Cl2O2. The maximum absolute atomic E-state index is 10.1. The van der Waals surface area contributed by atoms with Gasteiger partial charge >= 0.3 is 0 Å². The number of alkyl halides is 1. The summed E-state index contributed by atoms with van der Waals surface area (Å²) in [6, 6.07) is 0. The molecule has 0 saturated carbocycles. The SMILES string of the molecule is CCOC(Cl)CC(=O)Cl. The van der Waals surface area contributed by atoms with Crippen LogP contribution in [0.25, 0.3) is 0 Å². The molecule has 0 bridgehead atoms. The van der Waals surface area contributed by atoms with Gasteiger partial charge in [0, 0.05) is 6.61 Å². The first-order valence-electron chi connectivity index (χ1n) is 2.60. The molecule has 0 N–H and O–H groups in total. The van der Waals surface area contributed by atoms with E-state index in [1.54, 1.807) is 6.92 Å². The number of halogens is 2. The molecule has 0 saturated heterocycles. The molecule has 0 aromatic rings. The van der Waals surface area contributed by atoms with Crippen LogP contribution in [0.15, 0.2) is 0 Å². The lowest BCUT2D eigenvalue weighted by Crippen LogP contribution is -2.07. The second-order valence-corrected chi connectivity index (χ2v) is 2.33. The van der Waals surface area contributed by atoms with Gasteiger partial charge in [-0.2, -0.15) is 0 Å². The normalized spacial score (nSPS) is 13.2. The molecule has 0 amide bonds. The number of ether oxygens (including phenoxy) is 1. The minimum atomic E-state index is -0.569. The van der Waals surface area contributed by atoms with Crippen LogP contribution in [0.1, 0.15) is 13.3 Å². The van der Waals surface area contributed by atoms with Crippen molar-refractivity contribution in [3.05, 3.63) is 0 Å². The van der Waals surface area contributed by atoms with E-state index in [4.69, 9.17) is 27.9 Å². The lowest BCUT2D eigenvalue weighted by molar-refractivity contribution is -0.113. The van der Waals surface area contributed by atoms with E-state index in [1.807, 2.05) is 0 Å². The second kappa shape index (κ2) is 5.03. The summed E-state index contributed by atoms with van der Waals surface area (Å²) in [5.41, 5.74) is -0.569. The van der Waals surface area contributed by atoms with Gasteiger partial charge in [-0.25, -0.2) is 0 Å². The van der Waals surface area contributed by atoms with Crippen LogP contribution in [0.3, 0.4) is 0 Å². The van der Waals surface area contributed by atoms with E-state index in [2.05, 4.69) is 0 Å². The van der Waals surface area contributed by atoms with Gasteiger partial charge in [0.25, 0.3) is 0 Å². The first-order valence-corrected chi connectivity index (χ1v) is 3.42. The molecule has 0 fully saturated rings. The lowest BCUT2D eigenvalue weighted by Gasteiger charge is -2.04. The van der Waals surface area contributed by atoms with Crippen molar-refractivity contribution < 1.29 is 9.53 Å². The van der Waals surface area contributed by atoms with Gasteiger partial charge in [0.2, 0.25) is 5.24 Å². The summed E-state index contributed by atoms with van der Waals surface area (Å²) in [5, 5.41) is -0.469. The third-order valence-electron chi connectivity index (χ3n) is 0.668. The summed E-state index contributed by atoms with van der Waals surface area (Å²) in [4.78, 5) is 10.1. The maximum atomic E-state index is 10.1. The number of hydrogen-bond acceptors (Lipinski definition) is 2. The predicted octanol–water partition coefficient (Wildman–Crippen LogP) is 1.74. The minimum Gasteiger partial charge on any atom is -0.362 e. The highest BCUT2D eigenvalue weighted by molar-refractivity contribution is 6.63. The van der Waals surface area contributed by atoms with Crippen LogP contribution < -0.4 is 0 Å². The van der Waals surface area contributed by atoms with Crippen molar-refractivity contribution >= 4 is 28.4 Å². The molecule has 1 unspecified atom stereocenters. The topological polar surface area (TPSA) is 26.3 Å². The van der Waals surface area contributed by atoms with Crippen molar-refractivity contribution in [1.82, 2.24) is 0 Å². The van der Waals surface area contributed by atoms with Crippen LogP contribution in [-0.2, 0) is 9.53 Å². The molecule has 9 heavy (non-hydrogen) atoms. The Kier molecular flexibility index (Phi) is 5.15. The molecule has 0 radical (unpaired) electrons.